The quantitative estimate of drug-likeness (QED) is 0.589. The second-order valence-electron chi connectivity index (χ2n) is 5.49. The van der Waals surface area contributed by atoms with Crippen LogP contribution in [0.3, 0.4) is 0 Å². The summed E-state index contributed by atoms with van der Waals surface area (Å²) in [5.41, 5.74) is 3.14. The zero-order valence-electron chi connectivity index (χ0n) is 15.1. The lowest BCUT2D eigenvalue weighted by Crippen LogP contribution is -2.00. The summed E-state index contributed by atoms with van der Waals surface area (Å²) in [6, 6.07) is 11.6. The Morgan fingerprint density at radius 3 is 2.31 bits per heavy atom. The molecule has 0 unspecified atom stereocenters. The van der Waals surface area contributed by atoms with Crippen LogP contribution >= 0.6 is 11.8 Å². The van der Waals surface area contributed by atoms with E-state index >= 15 is 0 Å². The topological polar surface area (TPSA) is 71.3 Å². The Kier molecular flexibility index (Phi) is 5.62. The average molecular weight is 372 g/mol. The standard InChI is InChI=1S/C18H20N4O3S/c1-12-9-16(24-3)17(25-4)10-13(12)11-26-18-19-20-21-22(18)14-5-7-15(23-2)8-6-14/h5-10H,11H2,1-4H3. The number of hydrogen-bond acceptors (Lipinski definition) is 7. The van der Waals surface area contributed by atoms with Crippen LogP contribution in [0.25, 0.3) is 5.69 Å². The SMILES string of the molecule is COc1ccc(-n2nnnc2SCc2cc(OC)c(OC)cc2C)cc1. The highest BCUT2D eigenvalue weighted by atomic mass is 32.2. The van der Waals surface area contributed by atoms with E-state index in [-0.39, 0.29) is 0 Å². The number of hydrogen-bond donors (Lipinski definition) is 0. The van der Waals surface area contributed by atoms with Crippen molar-refractivity contribution in [3.05, 3.63) is 47.5 Å². The fraction of sp³-hybridized carbons (Fsp3) is 0.278. The van der Waals surface area contributed by atoms with Gasteiger partial charge in [-0.1, -0.05) is 11.8 Å². The van der Waals surface area contributed by atoms with Gasteiger partial charge in [0, 0.05) is 5.75 Å². The Balaban J connectivity index is 1.80. The third-order valence-electron chi connectivity index (χ3n) is 3.96. The largest absolute Gasteiger partial charge is 0.497 e. The summed E-state index contributed by atoms with van der Waals surface area (Å²) in [6.45, 7) is 2.05. The average Bonchev–Trinajstić information content (AvgIpc) is 3.15. The van der Waals surface area contributed by atoms with Crippen molar-refractivity contribution in [3.63, 3.8) is 0 Å². The number of rotatable bonds is 7. The minimum Gasteiger partial charge on any atom is -0.497 e. The van der Waals surface area contributed by atoms with Gasteiger partial charge in [-0.15, -0.1) is 5.10 Å². The molecule has 0 N–H and O–H groups in total. The monoisotopic (exact) mass is 372 g/mol. The fourth-order valence-corrected chi connectivity index (χ4v) is 3.43. The number of aromatic nitrogens is 4. The number of thioether (sulfide) groups is 1. The zero-order chi connectivity index (χ0) is 18.5. The molecule has 0 bridgehead atoms. The molecule has 0 fully saturated rings. The summed E-state index contributed by atoms with van der Waals surface area (Å²) in [7, 11) is 4.90. The summed E-state index contributed by atoms with van der Waals surface area (Å²) in [6.07, 6.45) is 0. The molecule has 0 aliphatic heterocycles. The molecule has 136 valence electrons. The maximum absolute atomic E-state index is 5.39. The van der Waals surface area contributed by atoms with Crippen LogP contribution in [0, 0.1) is 6.92 Å². The lowest BCUT2D eigenvalue weighted by Gasteiger charge is -2.12. The number of tetrazole rings is 1. The third-order valence-corrected chi connectivity index (χ3v) is 4.92. The van der Waals surface area contributed by atoms with E-state index in [1.54, 1.807) is 37.8 Å². The third kappa shape index (κ3) is 3.75. The van der Waals surface area contributed by atoms with E-state index in [0.29, 0.717) is 16.7 Å². The second-order valence-corrected chi connectivity index (χ2v) is 6.44. The Labute approximate surface area is 156 Å². The molecule has 1 heterocycles. The van der Waals surface area contributed by atoms with E-state index in [1.165, 1.54) is 0 Å². The number of methoxy groups -OCH3 is 3. The lowest BCUT2D eigenvalue weighted by molar-refractivity contribution is 0.354. The molecule has 0 saturated carbocycles. The van der Waals surface area contributed by atoms with Crippen LogP contribution in [0.5, 0.6) is 17.2 Å². The Bertz CT molecular complexity index is 881. The highest BCUT2D eigenvalue weighted by Crippen LogP contribution is 2.33. The predicted molar refractivity (Wildman–Crippen MR) is 99.6 cm³/mol. The molecule has 0 saturated heterocycles. The van der Waals surface area contributed by atoms with Gasteiger partial charge in [-0.25, -0.2) is 0 Å². The van der Waals surface area contributed by atoms with Gasteiger partial charge in [-0.2, -0.15) is 4.68 Å². The molecule has 3 aromatic rings. The number of aryl methyl sites for hydroxylation is 1. The zero-order valence-corrected chi connectivity index (χ0v) is 15.9. The van der Waals surface area contributed by atoms with E-state index in [9.17, 15) is 0 Å². The summed E-state index contributed by atoms with van der Waals surface area (Å²) >= 11 is 1.56. The molecule has 26 heavy (non-hydrogen) atoms. The van der Waals surface area contributed by atoms with Gasteiger partial charge < -0.3 is 14.2 Å². The number of benzene rings is 2. The van der Waals surface area contributed by atoms with Gasteiger partial charge >= 0.3 is 0 Å². The molecule has 0 spiro atoms. The van der Waals surface area contributed by atoms with E-state index in [0.717, 1.165) is 28.3 Å². The summed E-state index contributed by atoms with van der Waals surface area (Å²) in [5.74, 6) is 2.94. The van der Waals surface area contributed by atoms with Crippen LogP contribution in [-0.2, 0) is 5.75 Å². The van der Waals surface area contributed by atoms with Crippen LogP contribution in [0.15, 0.2) is 41.6 Å². The second kappa shape index (κ2) is 8.09. The van der Waals surface area contributed by atoms with Crippen LogP contribution < -0.4 is 14.2 Å². The molecule has 0 radical (unpaired) electrons. The van der Waals surface area contributed by atoms with Crippen LogP contribution in [0.4, 0.5) is 0 Å². The Morgan fingerprint density at radius 2 is 1.65 bits per heavy atom. The highest BCUT2D eigenvalue weighted by Gasteiger charge is 2.13. The predicted octanol–water partition coefficient (Wildman–Crippen LogP) is 3.29. The first-order chi connectivity index (χ1) is 12.7. The molecular weight excluding hydrogens is 352 g/mol. The summed E-state index contributed by atoms with van der Waals surface area (Å²) < 4.78 is 17.6. The van der Waals surface area contributed by atoms with Crippen LogP contribution in [0.1, 0.15) is 11.1 Å². The molecule has 7 nitrogen and oxygen atoms in total. The van der Waals surface area contributed by atoms with Gasteiger partial charge in [0.15, 0.2) is 11.5 Å². The van der Waals surface area contributed by atoms with Crippen molar-refractivity contribution in [2.75, 3.05) is 21.3 Å². The van der Waals surface area contributed by atoms with Gasteiger partial charge in [-0.05, 0) is 64.9 Å². The van der Waals surface area contributed by atoms with Crippen LogP contribution in [-0.4, -0.2) is 41.5 Å². The van der Waals surface area contributed by atoms with Crippen molar-refractivity contribution in [2.24, 2.45) is 0 Å². The van der Waals surface area contributed by atoms with Gasteiger partial charge in [0.05, 0.1) is 27.0 Å². The van der Waals surface area contributed by atoms with Crippen molar-refractivity contribution in [1.29, 1.82) is 0 Å². The van der Waals surface area contributed by atoms with E-state index in [4.69, 9.17) is 14.2 Å². The first-order valence-electron chi connectivity index (χ1n) is 7.93. The molecule has 0 atom stereocenters. The Hall–Kier alpha value is -2.74. The maximum atomic E-state index is 5.39. The van der Waals surface area contributed by atoms with Crippen LogP contribution in [0.2, 0.25) is 0 Å². The van der Waals surface area contributed by atoms with E-state index < -0.39 is 0 Å². The molecule has 8 heteroatoms. The first kappa shape index (κ1) is 18.1. The molecule has 2 aromatic carbocycles. The van der Waals surface area contributed by atoms with Crippen molar-refractivity contribution in [3.8, 4) is 22.9 Å². The molecule has 0 aliphatic rings. The van der Waals surface area contributed by atoms with Gasteiger partial charge in [0.2, 0.25) is 5.16 Å². The van der Waals surface area contributed by atoms with Gasteiger partial charge in [0.1, 0.15) is 5.75 Å². The summed E-state index contributed by atoms with van der Waals surface area (Å²) in [5, 5.41) is 12.7. The molecule has 0 amide bonds. The molecule has 3 rings (SSSR count). The van der Waals surface area contributed by atoms with Gasteiger partial charge in [0.25, 0.3) is 0 Å². The van der Waals surface area contributed by atoms with E-state index in [2.05, 4.69) is 15.5 Å². The van der Waals surface area contributed by atoms with Crippen molar-refractivity contribution >= 4 is 11.8 Å². The van der Waals surface area contributed by atoms with Crippen molar-refractivity contribution < 1.29 is 14.2 Å². The number of ether oxygens (including phenoxy) is 3. The Morgan fingerprint density at radius 1 is 0.962 bits per heavy atom. The van der Waals surface area contributed by atoms with E-state index in [1.807, 2.05) is 43.3 Å². The normalized spacial score (nSPS) is 10.6. The minimum atomic E-state index is 0.711. The van der Waals surface area contributed by atoms with Gasteiger partial charge in [-0.3, -0.25) is 0 Å². The molecular formula is C18H20N4O3S. The highest BCUT2D eigenvalue weighted by molar-refractivity contribution is 7.98. The lowest BCUT2D eigenvalue weighted by atomic mass is 10.1. The van der Waals surface area contributed by atoms with Crippen molar-refractivity contribution in [1.82, 2.24) is 20.2 Å². The smallest absolute Gasteiger partial charge is 0.214 e. The minimum absolute atomic E-state index is 0.711. The maximum Gasteiger partial charge on any atom is 0.214 e. The van der Waals surface area contributed by atoms with Crippen molar-refractivity contribution in [2.45, 2.75) is 17.8 Å². The summed E-state index contributed by atoms with van der Waals surface area (Å²) in [4.78, 5) is 0. The molecule has 1 aromatic heterocycles. The number of nitrogens with zero attached hydrogens (tertiary/aromatic N) is 4. The molecule has 0 aliphatic carbocycles. The first-order valence-corrected chi connectivity index (χ1v) is 8.92. The fourth-order valence-electron chi connectivity index (χ4n) is 2.47.